The molecular weight excluding hydrogens is 180 g/mol. The normalized spacial score (nSPS) is 20.4. The summed E-state index contributed by atoms with van der Waals surface area (Å²) < 4.78 is 10.4. The Morgan fingerprint density at radius 3 is 3.00 bits per heavy atom. The van der Waals surface area contributed by atoms with Crippen molar-refractivity contribution < 1.29 is 14.3 Å². The Kier molecular flexibility index (Phi) is 2.25. The number of carbonyl (C=O) groups excluding carboxylic acids is 1. The molecule has 0 bridgehead atoms. The van der Waals surface area contributed by atoms with Crippen molar-refractivity contribution in [3.63, 3.8) is 0 Å². The maximum Gasteiger partial charge on any atom is 0.191 e. The van der Waals surface area contributed by atoms with Crippen molar-refractivity contribution in [2.24, 2.45) is 0 Å². The van der Waals surface area contributed by atoms with Gasteiger partial charge in [0.2, 0.25) is 0 Å². The van der Waals surface area contributed by atoms with Gasteiger partial charge in [-0.3, -0.25) is 4.79 Å². The molecule has 1 aliphatic heterocycles. The van der Waals surface area contributed by atoms with Crippen molar-refractivity contribution in [3.8, 4) is 5.75 Å². The summed E-state index contributed by atoms with van der Waals surface area (Å²) in [5.41, 5.74) is 1.66. The number of ketones is 1. The van der Waals surface area contributed by atoms with Gasteiger partial charge in [-0.25, -0.2) is 0 Å². The predicted octanol–water partition coefficient (Wildman–Crippen LogP) is 1.80. The van der Waals surface area contributed by atoms with Gasteiger partial charge in [-0.2, -0.15) is 0 Å². The third-order valence-corrected chi connectivity index (χ3v) is 2.44. The first-order valence-corrected chi connectivity index (χ1v) is 4.55. The fraction of sp³-hybridized carbons (Fsp3) is 0.364. The van der Waals surface area contributed by atoms with E-state index in [9.17, 15) is 4.79 Å². The highest BCUT2D eigenvalue weighted by Gasteiger charge is 2.24. The van der Waals surface area contributed by atoms with Gasteiger partial charge in [0.25, 0.3) is 0 Å². The topological polar surface area (TPSA) is 35.5 Å². The largest absolute Gasteiger partial charge is 0.497 e. The maximum atomic E-state index is 11.7. The lowest BCUT2D eigenvalue weighted by molar-refractivity contribution is 0.0336. The first-order valence-electron chi connectivity index (χ1n) is 4.55. The van der Waals surface area contributed by atoms with E-state index < -0.39 is 0 Å². The molecule has 3 nitrogen and oxygen atoms in total. The summed E-state index contributed by atoms with van der Waals surface area (Å²) >= 11 is 0. The minimum atomic E-state index is -0.323. The zero-order valence-corrected chi connectivity index (χ0v) is 8.24. The highest BCUT2D eigenvalue weighted by Crippen LogP contribution is 2.24. The van der Waals surface area contributed by atoms with E-state index in [2.05, 4.69) is 0 Å². The number of benzene rings is 1. The number of rotatable bonds is 1. The molecule has 1 aliphatic rings. The van der Waals surface area contributed by atoms with Crippen molar-refractivity contribution >= 4 is 5.78 Å². The molecule has 0 radical (unpaired) electrons. The van der Waals surface area contributed by atoms with E-state index in [-0.39, 0.29) is 11.9 Å². The van der Waals surface area contributed by atoms with Crippen LogP contribution in [0.15, 0.2) is 18.2 Å². The van der Waals surface area contributed by atoms with Gasteiger partial charge < -0.3 is 9.47 Å². The van der Waals surface area contributed by atoms with Crippen LogP contribution in [0.25, 0.3) is 0 Å². The molecule has 0 aliphatic carbocycles. The molecule has 0 saturated heterocycles. The average Bonchev–Trinajstić information content (AvgIpc) is 2.23. The maximum absolute atomic E-state index is 11.7. The average molecular weight is 192 g/mol. The Morgan fingerprint density at radius 1 is 1.50 bits per heavy atom. The van der Waals surface area contributed by atoms with Crippen molar-refractivity contribution in [2.45, 2.75) is 19.6 Å². The zero-order valence-electron chi connectivity index (χ0n) is 8.24. The molecule has 1 aromatic carbocycles. The van der Waals surface area contributed by atoms with E-state index in [0.717, 1.165) is 16.9 Å². The number of ether oxygens (including phenoxy) is 2. The van der Waals surface area contributed by atoms with Crippen LogP contribution >= 0.6 is 0 Å². The monoisotopic (exact) mass is 192 g/mol. The van der Waals surface area contributed by atoms with Gasteiger partial charge in [0.1, 0.15) is 11.9 Å². The number of fused-ring (bicyclic) bond motifs is 1. The van der Waals surface area contributed by atoms with Gasteiger partial charge in [-0.05, 0) is 30.7 Å². The second kappa shape index (κ2) is 3.42. The van der Waals surface area contributed by atoms with Gasteiger partial charge in [0, 0.05) is 5.56 Å². The van der Waals surface area contributed by atoms with E-state index in [0.29, 0.717) is 6.61 Å². The molecule has 1 atom stereocenters. The van der Waals surface area contributed by atoms with Gasteiger partial charge in [-0.15, -0.1) is 0 Å². The van der Waals surface area contributed by atoms with Gasteiger partial charge in [0.05, 0.1) is 13.7 Å². The third-order valence-electron chi connectivity index (χ3n) is 2.44. The molecular formula is C11H12O3. The summed E-state index contributed by atoms with van der Waals surface area (Å²) in [4.78, 5) is 11.7. The minimum Gasteiger partial charge on any atom is -0.497 e. The van der Waals surface area contributed by atoms with E-state index in [1.165, 1.54) is 0 Å². The Bertz CT molecular complexity index is 371. The Morgan fingerprint density at radius 2 is 2.29 bits per heavy atom. The molecule has 0 spiro atoms. The lowest BCUT2D eigenvalue weighted by Gasteiger charge is -2.21. The summed E-state index contributed by atoms with van der Waals surface area (Å²) in [7, 11) is 1.61. The van der Waals surface area contributed by atoms with Crippen LogP contribution in [0.5, 0.6) is 5.75 Å². The van der Waals surface area contributed by atoms with Crippen LogP contribution in [0.1, 0.15) is 22.8 Å². The first kappa shape index (κ1) is 9.21. The lowest BCUT2D eigenvalue weighted by Crippen LogP contribution is -2.27. The number of hydrogen-bond donors (Lipinski definition) is 0. The smallest absolute Gasteiger partial charge is 0.191 e. The molecule has 14 heavy (non-hydrogen) atoms. The molecule has 3 heteroatoms. The number of carbonyl (C=O) groups is 1. The Hall–Kier alpha value is -1.35. The van der Waals surface area contributed by atoms with E-state index in [4.69, 9.17) is 9.47 Å². The molecule has 0 aromatic heterocycles. The SMILES string of the molecule is COc1ccc2c(c1)COC(C)C2=O. The number of methoxy groups -OCH3 is 1. The number of hydrogen-bond acceptors (Lipinski definition) is 3. The van der Waals surface area contributed by atoms with Crippen LogP contribution in [0.3, 0.4) is 0 Å². The predicted molar refractivity (Wildman–Crippen MR) is 51.6 cm³/mol. The lowest BCUT2D eigenvalue weighted by atomic mass is 9.98. The fourth-order valence-electron chi connectivity index (χ4n) is 1.57. The summed E-state index contributed by atoms with van der Waals surface area (Å²) in [5, 5.41) is 0. The molecule has 74 valence electrons. The van der Waals surface area contributed by atoms with Gasteiger partial charge in [-0.1, -0.05) is 0 Å². The standard InChI is InChI=1S/C11H12O3/c1-7-11(12)10-4-3-9(13-2)5-8(10)6-14-7/h3-5,7H,6H2,1-2H3. The van der Waals surface area contributed by atoms with Crippen molar-refractivity contribution in [3.05, 3.63) is 29.3 Å². The fourth-order valence-corrected chi connectivity index (χ4v) is 1.57. The molecule has 1 aromatic rings. The second-order valence-electron chi connectivity index (χ2n) is 3.34. The van der Waals surface area contributed by atoms with E-state index in [1.54, 1.807) is 26.2 Å². The summed E-state index contributed by atoms with van der Waals surface area (Å²) in [6.45, 7) is 2.26. The summed E-state index contributed by atoms with van der Waals surface area (Å²) in [5.74, 6) is 0.809. The van der Waals surface area contributed by atoms with Crippen molar-refractivity contribution in [1.82, 2.24) is 0 Å². The Balaban J connectivity index is 2.44. The second-order valence-corrected chi connectivity index (χ2v) is 3.34. The van der Waals surface area contributed by atoms with Crippen LogP contribution in [0.2, 0.25) is 0 Å². The third kappa shape index (κ3) is 1.40. The highest BCUT2D eigenvalue weighted by molar-refractivity contribution is 6.01. The van der Waals surface area contributed by atoms with E-state index in [1.807, 2.05) is 6.07 Å². The van der Waals surface area contributed by atoms with Crippen LogP contribution in [-0.2, 0) is 11.3 Å². The van der Waals surface area contributed by atoms with Crippen molar-refractivity contribution in [2.75, 3.05) is 7.11 Å². The first-order chi connectivity index (χ1) is 6.72. The van der Waals surface area contributed by atoms with Gasteiger partial charge >= 0.3 is 0 Å². The summed E-state index contributed by atoms with van der Waals surface area (Å²) in [6.07, 6.45) is -0.323. The molecule has 0 fully saturated rings. The summed E-state index contributed by atoms with van der Waals surface area (Å²) in [6, 6.07) is 5.45. The zero-order chi connectivity index (χ0) is 10.1. The minimum absolute atomic E-state index is 0.0499. The van der Waals surface area contributed by atoms with Crippen LogP contribution in [-0.4, -0.2) is 19.0 Å². The molecule has 0 N–H and O–H groups in total. The molecule has 1 heterocycles. The quantitative estimate of drug-likeness (QED) is 0.680. The highest BCUT2D eigenvalue weighted by atomic mass is 16.5. The molecule has 1 unspecified atom stereocenters. The van der Waals surface area contributed by atoms with Crippen LogP contribution in [0.4, 0.5) is 0 Å². The molecule has 0 saturated carbocycles. The van der Waals surface area contributed by atoms with Crippen molar-refractivity contribution in [1.29, 1.82) is 0 Å². The molecule has 0 amide bonds. The number of Topliss-reactive ketones (excluding diaryl/α,β-unsaturated/α-hetero) is 1. The molecule has 2 rings (SSSR count). The van der Waals surface area contributed by atoms with Crippen LogP contribution in [0, 0.1) is 0 Å². The Labute approximate surface area is 82.6 Å². The van der Waals surface area contributed by atoms with Crippen LogP contribution < -0.4 is 4.74 Å². The van der Waals surface area contributed by atoms with E-state index >= 15 is 0 Å². The van der Waals surface area contributed by atoms with Gasteiger partial charge in [0.15, 0.2) is 5.78 Å².